The van der Waals surface area contributed by atoms with Gasteiger partial charge in [-0.05, 0) is 30.9 Å². The summed E-state index contributed by atoms with van der Waals surface area (Å²) >= 11 is 3.44. The minimum absolute atomic E-state index is 0.411. The molecule has 1 aromatic rings. The van der Waals surface area contributed by atoms with Crippen LogP contribution in [0.2, 0.25) is 0 Å². The first-order chi connectivity index (χ1) is 6.40. The fourth-order valence-electron chi connectivity index (χ4n) is 1.71. The van der Waals surface area contributed by atoms with Crippen molar-refractivity contribution in [1.29, 1.82) is 0 Å². The maximum Gasteiger partial charge on any atom is 0.122 e. The molecular formula is C11H13BrO. The minimum atomic E-state index is 0.411. The number of aryl methyl sites for hydroxylation is 1. The van der Waals surface area contributed by atoms with Crippen LogP contribution in [0.1, 0.15) is 18.4 Å². The molecule has 1 unspecified atom stereocenters. The van der Waals surface area contributed by atoms with Gasteiger partial charge in [-0.25, -0.2) is 0 Å². The summed E-state index contributed by atoms with van der Waals surface area (Å²) < 4.78 is 5.84. The van der Waals surface area contributed by atoms with E-state index in [-0.39, 0.29) is 0 Å². The van der Waals surface area contributed by atoms with E-state index < -0.39 is 0 Å². The maximum absolute atomic E-state index is 5.84. The Balaban J connectivity index is 2.11. The molecule has 70 valence electrons. The number of ether oxygens (including phenoxy) is 1. The summed E-state index contributed by atoms with van der Waals surface area (Å²) in [5.74, 6) is 1.08. The van der Waals surface area contributed by atoms with Crippen molar-refractivity contribution in [1.82, 2.24) is 0 Å². The van der Waals surface area contributed by atoms with Crippen LogP contribution in [-0.4, -0.2) is 11.4 Å². The highest BCUT2D eigenvalue weighted by atomic mass is 79.9. The van der Waals surface area contributed by atoms with Crippen LogP contribution < -0.4 is 4.74 Å². The highest BCUT2D eigenvalue weighted by molar-refractivity contribution is 9.09. The number of para-hydroxylation sites is 1. The van der Waals surface area contributed by atoms with E-state index in [0.717, 1.165) is 30.3 Å². The summed E-state index contributed by atoms with van der Waals surface area (Å²) in [6.45, 7) is 0. The molecule has 1 nitrogen and oxygen atoms in total. The first-order valence-corrected chi connectivity index (χ1v) is 5.83. The van der Waals surface area contributed by atoms with Crippen molar-refractivity contribution in [2.75, 3.05) is 5.33 Å². The lowest BCUT2D eigenvalue weighted by Gasteiger charge is -2.25. The Kier molecular flexibility index (Phi) is 2.89. The van der Waals surface area contributed by atoms with Crippen molar-refractivity contribution >= 4 is 15.9 Å². The molecule has 0 bridgehead atoms. The lowest BCUT2D eigenvalue weighted by molar-refractivity contribution is 0.171. The third-order valence-electron chi connectivity index (χ3n) is 2.43. The molecule has 1 aliphatic heterocycles. The molecule has 0 fully saturated rings. The van der Waals surface area contributed by atoms with Crippen molar-refractivity contribution < 1.29 is 4.74 Å². The van der Waals surface area contributed by atoms with Crippen LogP contribution in [0.25, 0.3) is 0 Å². The summed E-state index contributed by atoms with van der Waals surface area (Å²) in [4.78, 5) is 0. The number of rotatable bonds is 2. The first kappa shape index (κ1) is 9.07. The summed E-state index contributed by atoms with van der Waals surface area (Å²) in [5.41, 5.74) is 1.35. The Morgan fingerprint density at radius 2 is 2.23 bits per heavy atom. The molecule has 0 spiro atoms. The Labute approximate surface area is 87.2 Å². The van der Waals surface area contributed by atoms with Gasteiger partial charge >= 0.3 is 0 Å². The molecule has 0 radical (unpaired) electrons. The number of fused-ring (bicyclic) bond motifs is 1. The number of hydrogen-bond acceptors (Lipinski definition) is 1. The molecule has 0 N–H and O–H groups in total. The number of hydrogen-bond donors (Lipinski definition) is 0. The van der Waals surface area contributed by atoms with Crippen LogP contribution in [0.4, 0.5) is 0 Å². The van der Waals surface area contributed by atoms with Crippen molar-refractivity contribution in [3.63, 3.8) is 0 Å². The van der Waals surface area contributed by atoms with Gasteiger partial charge in [-0.15, -0.1) is 0 Å². The zero-order chi connectivity index (χ0) is 9.10. The van der Waals surface area contributed by atoms with Gasteiger partial charge in [0.05, 0.1) is 6.10 Å². The van der Waals surface area contributed by atoms with Gasteiger partial charge in [-0.3, -0.25) is 0 Å². The molecule has 2 rings (SSSR count). The predicted molar refractivity (Wildman–Crippen MR) is 57.6 cm³/mol. The third kappa shape index (κ3) is 2.05. The van der Waals surface area contributed by atoms with E-state index in [1.54, 1.807) is 0 Å². The second kappa shape index (κ2) is 4.14. The zero-order valence-corrected chi connectivity index (χ0v) is 9.09. The van der Waals surface area contributed by atoms with Crippen LogP contribution in [0.3, 0.4) is 0 Å². The van der Waals surface area contributed by atoms with Gasteiger partial charge < -0.3 is 4.74 Å². The molecule has 0 saturated carbocycles. The normalized spacial score (nSPS) is 20.5. The molecule has 0 aromatic heterocycles. The summed E-state index contributed by atoms with van der Waals surface area (Å²) in [7, 11) is 0. The summed E-state index contributed by atoms with van der Waals surface area (Å²) in [6, 6.07) is 8.33. The van der Waals surface area contributed by atoms with Gasteiger partial charge in [0.1, 0.15) is 5.75 Å². The van der Waals surface area contributed by atoms with Crippen molar-refractivity contribution in [2.24, 2.45) is 0 Å². The van der Waals surface area contributed by atoms with Crippen LogP contribution in [-0.2, 0) is 6.42 Å². The molecule has 0 saturated heterocycles. The highest BCUT2D eigenvalue weighted by Gasteiger charge is 2.17. The van der Waals surface area contributed by atoms with Crippen molar-refractivity contribution in [3.8, 4) is 5.75 Å². The zero-order valence-electron chi connectivity index (χ0n) is 7.50. The average molecular weight is 241 g/mol. The molecule has 1 aromatic carbocycles. The summed E-state index contributed by atoms with van der Waals surface area (Å²) in [5, 5.41) is 1.03. The molecular weight excluding hydrogens is 228 g/mol. The standard InChI is InChI=1S/C11H13BrO/c12-8-7-10-6-5-9-3-1-2-4-11(9)13-10/h1-4,10H,5-8H2. The van der Waals surface area contributed by atoms with Crippen LogP contribution in [0, 0.1) is 0 Å². The molecule has 0 aliphatic carbocycles. The fraction of sp³-hybridized carbons (Fsp3) is 0.455. The fourth-order valence-corrected chi connectivity index (χ4v) is 2.22. The van der Waals surface area contributed by atoms with E-state index in [4.69, 9.17) is 4.74 Å². The Morgan fingerprint density at radius 3 is 3.08 bits per heavy atom. The van der Waals surface area contributed by atoms with Gasteiger partial charge in [0.15, 0.2) is 0 Å². The average Bonchev–Trinajstić information content (AvgIpc) is 2.18. The molecule has 1 aliphatic rings. The van der Waals surface area contributed by atoms with Gasteiger partial charge in [0, 0.05) is 5.33 Å². The molecule has 1 heterocycles. The molecule has 1 atom stereocenters. The molecule has 0 amide bonds. The monoisotopic (exact) mass is 240 g/mol. The third-order valence-corrected chi connectivity index (χ3v) is 2.89. The second-order valence-corrected chi connectivity index (χ2v) is 4.16. The van der Waals surface area contributed by atoms with Gasteiger partial charge in [0.25, 0.3) is 0 Å². The van der Waals surface area contributed by atoms with Crippen LogP contribution >= 0.6 is 15.9 Å². The Hall–Kier alpha value is -0.500. The number of alkyl halides is 1. The van der Waals surface area contributed by atoms with Crippen LogP contribution in [0.15, 0.2) is 24.3 Å². The smallest absolute Gasteiger partial charge is 0.122 e. The van der Waals surface area contributed by atoms with Gasteiger partial charge in [0.2, 0.25) is 0 Å². The predicted octanol–water partition coefficient (Wildman–Crippen LogP) is 3.17. The lowest BCUT2D eigenvalue weighted by Crippen LogP contribution is -2.22. The quantitative estimate of drug-likeness (QED) is 0.722. The van der Waals surface area contributed by atoms with E-state index in [1.165, 1.54) is 5.56 Å². The van der Waals surface area contributed by atoms with E-state index >= 15 is 0 Å². The SMILES string of the molecule is BrCCC1CCc2ccccc2O1. The second-order valence-electron chi connectivity index (χ2n) is 3.36. The van der Waals surface area contributed by atoms with Gasteiger partial charge in [-0.2, -0.15) is 0 Å². The lowest BCUT2D eigenvalue weighted by atomic mass is 10.0. The Bertz CT molecular complexity index is 285. The number of halogens is 1. The van der Waals surface area contributed by atoms with E-state index in [2.05, 4.69) is 34.1 Å². The highest BCUT2D eigenvalue weighted by Crippen LogP contribution is 2.28. The number of benzene rings is 1. The van der Waals surface area contributed by atoms with Crippen LogP contribution in [0.5, 0.6) is 5.75 Å². The topological polar surface area (TPSA) is 9.23 Å². The largest absolute Gasteiger partial charge is 0.490 e. The van der Waals surface area contributed by atoms with E-state index in [1.807, 2.05) is 6.07 Å². The molecule has 2 heteroatoms. The van der Waals surface area contributed by atoms with E-state index in [0.29, 0.717) is 6.10 Å². The summed E-state index contributed by atoms with van der Waals surface area (Å²) in [6.07, 6.45) is 3.83. The van der Waals surface area contributed by atoms with Gasteiger partial charge in [-0.1, -0.05) is 34.1 Å². The van der Waals surface area contributed by atoms with E-state index in [9.17, 15) is 0 Å². The first-order valence-electron chi connectivity index (χ1n) is 4.70. The molecule has 13 heavy (non-hydrogen) atoms. The maximum atomic E-state index is 5.84. The van der Waals surface area contributed by atoms with Crippen molar-refractivity contribution in [2.45, 2.75) is 25.4 Å². The Morgan fingerprint density at radius 1 is 1.38 bits per heavy atom. The van der Waals surface area contributed by atoms with Crippen molar-refractivity contribution in [3.05, 3.63) is 29.8 Å². The minimum Gasteiger partial charge on any atom is -0.490 e.